The number of amides is 3. The average molecular weight is 1320 g/mol. The molecule has 21 heteroatoms. The molecule has 502 valence electrons. The van der Waals surface area contributed by atoms with E-state index < -0.39 is 35.6 Å². The number of hydrogen-bond acceptors (Lipinski definition) is 17. The molecule has 20 nitrogen and oxygen atoms in total. The number of benzene rings is 2. The smallest absolute Gasteiger partial charge is 0.408 e. The summed E-state index contributed by atoms with van der Waals surface area (Å²) in [6.45, 7) is 16.5. The van der Waals surface area contributed by atoms with Crippen LogP contribution >= 0.6 is 11.8 Å². The van der Waals surface area contributed by atoms with E-state index in [0.29, 0.717) is 76.3 Å². The first-order valence-electron chi connectivity index (χ1n) is 32.3. The van der Waals surface area contributed by atoms with Crippen LogP contribution in [0.1, 0.15) is 138 Å². The lowest BCUT2D eigenvalue weighted by Gasteiger charge is -2.22. The molecule has 4 N–H and O–H groups in total. The Morgan fingerprint density at radius 2 is 0.771 bits per heavy atom. The van der Waals surface area contributed by atoms with Gasteiger partial charge in [0, 0.05) is 138 Å². The minimum Gasteiger partial charge on any atom is -0.444 e. The van der Waals surface area contributed by atoms with E-state index in [-0.39, 0.29) is 60.6 Å². The van der Waals surface area contributed by atoms with Gasteiger partial charge in [0.2, 0.25) is 11.8 Å². The van der Waals surface area contributed by atoms with Crippen LogP contribution in [0.3, 0.4) is 0 Å². The maximum absolute atomic E-state index is 13.1. The molecule has 0 saturated carbocycles. The zero-order chi connectivity index (χ0) is 68.8. The predicted octanol–water partition coefficient (Wildman–Crippen LogP) is 10.6. The fourth-order valence-electron chi connectivity index (χ4n) is 10.0. The summed E-state index contributed by atoms with van der Waals surface area (Å²) in [5, 5.41) is 8.29. The Labute approximate surface area is 568 Å². The second-order valence-corrected chi connectivity index (χ2v) is 25.1. The SMILES string of the molecule is C[C@@H](CC(=O)[C@@H](C)NC(=O)OC(C)(C)C)C(=O)NCCc1ccc(CC(=O)c2ccc(CN(Cc3ccccn3)Cc3ccccn3)nc2)cc1.C[C@@H](CC(=O)[C@@H](C)NCl)C(=O)NCCc1ccc(CC(=O)c2ccc(CN(Cc3ccccn3)Cc3ccccn3)nc2)cc1. The summed E-state index contributed by atoms with van der Waals surface area (Å²) in [5.74, 6) is -1.76. The lowest BCUT2D eigenvalue weighted by atomic mass is 10.00. The third-order valence-corrected chi connectivity index (χ3v) is 15.8. The van der Waals surface area contributed by atoms with Crippen molar-refractivity contribution in [3.8, 4) is 0 Å². The normalized spacial score (nSPS) is 12.5. The molecule has 96 heavy (non-hydrogen) atoms. The molecule has 2 aromatic carbocycles. The maximum atomic E-state index is 13.1. The van der Waals surface area contributed by atoms with Crippen molar-refractivity contribution in [1.82, 2.24) is 60.5 Å². The van der Waals surface area contributed by atoms with E-state index >= 15 is 0 Å². The highest BCUT2D eigenvalue weighted by Crippen LogP contribution is 2.18. The molecule has 0 unspecified atom stereocenters. The molecule has 0 fully saturated rings. The number of pyridine rings is 6. The van der Waals surface area contributed by atoms with Gasteiger partial charge in [-0.3, -0.25) is 68.5 Å². The molecule has 6 heterocycles. The van der Waals surface area contributed by atoms with Gasteiger partial charge in [-0.05, 0) is 154 Å². The first-order valence-corrected chi connectivity index (χ1v) is 32.7. The van der Waals surface area contributed by atoms with Crippen LogP contribution < -0.4 is 20.8 Å². The van der Waals surface area contributed by atoms with Crippen LogP contribution in [-0.4, -0.2) is 112 Å². The molecule has 0 spiro atoms. The van der Waals surface area contributed by atoms with Gasteiger partial charge >= 0.3 is 6.09 Å². The first-order chi connectivity index (χ1) is 46.1. The third kappa shape index (κ3) is 26.3. The van der Waals surface area contributed by atoms with E-state index in [1.165, 1.54) is 0 Å². The maximum Gasteiger partial charge on any atom is 0.408 e. The number of nitrogens with zero attached hydrogens (tertiary/aromatic N) is 8. The van der Waals surface area contributed by atoms with Crippen LogP contribution in [0, 0.1) is 11.8 Å². The molecule has 0 saturated heterocycles. The average Bonchev–Trinajstić information content (AvgIpc) is 1.01. The molecule has 0 aliphatic heterocycles. The third-order valence-electron chi connectivity index (χ3n) is 15.5. The van der Waals surface area contributed by atoms with Gasteiger partial charge in [-0.15, -0.1) is 0 Å². The van der Waals surface area contributed by atoms with E-state index in [1.54, 1.807) is 85.6 Å². The number of Topliss-reactive ketones (excluding diaryl/α,β-unsaturated/α-hetero) is 4. The van der Waals surface area contributed by atoms with Crippen molar-refractivity contribution in [3.05, 3.63) is 250 Å². The van der Waals surface area contributed by atoms with E-state index in [1.807, 2.05) is 146 Å². The lowest BCUT2D eigenvalue weighted by molar-refractivity contribution is -0.129. The van der Waals surface area contributed by atoms with Gasteiger partial charge in [0.05, 0.1) is 46.2 Å². The van der Waals surface area contributed by atoms with E-state index in [4.69, 9.17) is 16.5 Å². The van der Waals surface area contributed by atoms with Gasteiger partial charge in [0.1, 0.15) is 5.60 Å². The zero-order valence-corrected chi connectivity index (χ0v) is 56.5. The summed E-state index contributed by atoms with van der Waals surface area (Å²) >= 11 is 5.50. The molecule has 8 aromatic rings. The predicted molar refractivity (Wildman–Crippen MR) is 369 cm³/mol. The molecule has 0 bridgehead atoms. The standard InChI is InChI=1S/C40H48N6O5.C35H39ClN6O3/c1-28(22-36(47)29(2)45-39(50)51-40(3,4)5)38(49)43-21-18-30-12-14-31(15-13-30)23-37(48)32-16-17-35(44-24-32)27-46(25-33-10-6-8-19-41-33)26-34-11-7-9-20-42-34;1-25(19-33(43)26(2)41-36)35(45)39-18-15-27-9-11-28(12-10-27)20-34(44)29-13-14-32(40-21-29)24-42(22-30-7-3-5-16-37-30)23-31-8-4-6-17-38-31/h6-17,19-20,24,28-29H,18,21-23,25-27H2,1-5H3,(H,43,49)(H,45,50);3-14,16-17,21,25-26,41H,15,18-20,22-24H2,1-2H3,(H,39,45)/t28-,29+;25-,26+/m00/s1. The summed E-state index contributed by atoms with van der Waals surface area (Å²) in [5.41, 5.74) is 9.83. The number of carbonyl (C=O) groups excluding carboxylic acids is 7. The Kier molecular flexibility index (Phi) is 29.3. The number of alkyl carbamates (subject to hydrolysis) is 1. The van der Waals surface area contributed by atoms with Crippen molar-refractivity contribution in [2.75, 3.05) is 13.1 Å². The Morgan fingerprint density at radius 3 is 1.07 bits per heavy atom. The van der Waals surface area contributed by atoms with Crippen molar-refractivity contribution in [1.29, 1.82) is 0 Å². The van der Waals surface area contributed by atoms with E-state index in [0.717, 1.165) is 56.4 Å². The Morgan fingerprint density at radius 1 is 0.438 bits per heavy atom. The number of nitrogens with one attached hydrogen (secondary N) is 4. The second-order valence-electron chi connectivity index (χ2n) is 24.9. The van der Waals surface area contributed by atoms with Gasteiger partial charge in [-0.2, -0.15) is 0 Å². The highest BCUT2D eigenvalue weighted by molar-refractivity contribution is 6.15. The largest absolute Gasteiger partial charge is 0.444 e. The number of ketones is 4. The number of ether oxygens (including phenoxy) is 1. The topological polar surface area (TPSA) is 261 Å². The summed E-state index contributed by atoms with van der Waals surface area (Å²) in [6, 6.07) is 45.2. The van der Waals surface area contributed by atoms with Crippen LogP contribution in [0.25, 0.3) is 0 Å². The Bertz CT molecular complexity index is 3660. The lowest BCUT2D eigenvalue weighted by Crippen LogP contribution is -2.43. The first kappa shape index (κ1) is 73.8. The Balaban J connectivity index is 0.000000273. The second kappa shape index (κ2) is 38.1. The molecule has 4 atom stereocenters. The van der Waals surface area contributed by atoms with Gasteiger partial charge in [0.15, 0.2) is 23.1 Å². The van der Waals surface area contributed by atoms with Crippen molar-refractivity contribution in [2.45, 2.75) is 144 Å². The summed E-state index contributed by atoms with van der Waals surface area (Å²) in [7, 11) is 0. The molecule has 3 amide bonds. The van der Waals surface area contributed by atoms with Crippen LogP contribution in [0.15, 0.2) is 183 Å². The molecule has 0 radical (unpaired) electrons. The van der Waals surface area contributed by atoms with E-state index in [2.05, 4.69) is 60.5 Å². The minimum absolute atomic E-state index is 0.000160. The van der Waals surface area contributed by atoms with Crippen molar-refractivity contribution < 1.29 is 38.3 Å². The highest BCUT2D eigenvalue weighted by Gasteiger charge is 2.25. The Hall–Kier alpha value is -9.60. The summed E-state index contributed by atoms with van der Waals surface area (Å²) in [4.78, 5) is 121. The van der Waals surface area contributed by atoms with Crippen LogP contribution in [-0.2, 0) is 88.9 Å². The number of hydrogen-bond donors (Lipinski definition) is 4. The van der Waals surface area contributed by atoms with Crippen LogP contribution in [0.2, 0.25) is 0 Å². The highest BCUT2D eigenvalue weighted by atomic mass is 35.5. The molecule has 0 aliphatic rings. The quantitative estimate of drug-likeness (QED) is 0.0216. The summed E-state index contributed by atoms with van der Waals surface area (Å²) in [6.07, 6.45) is 11.7. The monoisotopic (exact) mass is 1320 g/mol. The van der Waals surface area contributed by atoms with Gasteiger partial charge in [-0.25, -0.2) is 9.63 Å². The zero-order valence-electron chi connectivity index (χ0n) is 55.8. The number of carbonyl (C=O) groups is 7. The molecule has 6 aromatic heterocycles. The van der Waals surface area contributed by atoms with Crippen LogP contribution in [0.4, 0.5) is 4.79 Å². The van der Waals surface area contributed by atoms with Crippen molar-refractivity contribution >= 4 is 52.8 Å². The van der Waals surface area contributed by atoms with Gasteiger partial charge in [-0.1, -0.05) is 86.6 Å². The minimum atomic E-state index is -0.765. The van der Waals surface area contributed by atoms with Gasteiger partial charge in [0.25, 0.3) is 0 Å². The van der Waals surface area contributed by atoms with Crippen LogP contribution in [0.5, 0.6) is 0 Å². The van der Waals surface area contributed by atoms with Crippen molar-refractivity contribution in [3.63, 3.8) is 0 Å². The van der Waals surface area contributed by atoms with Crippen molar-refractivity contribution in [2.24, 2.45) is 11.8 Å². The molecule has 0 aliphatic carbocycles. The number of aromatic nitrogens is 6. The fraction of sp³-hybridized carbons (Fsp3) is 0.347. The summed E-state index contributed by atoms with van der Waals surface area (Å²) < 4.78 is 5.19. The van der Waals surface area contributed by atoms with Gasteiger partial charge < -0.3 is 20.7 Å². The number of rotatable bonds is 34. The fourth-order valence-corrected chi connectivity index (χ4v) is 10.2. The molecular formula is C75H87ClN12O8. The van der Waals surface area contributed by atoms with E-state index in [9.17, 15) is 33.6 Å². The molecular weight excluding hydrogens is 1230 g/mol. The number of halogens is 1. The molecule has 8 rings (SSSR count).